The van der Waals surface area contributed by atoms with E-state index in [4.69, 9.17) is 4.42 Å². The summed E-state index contributed by atoms with van der Waals surface area (Å²) in [7, 11) is 0. The summed E-state index contributed by atoms with van der Waals surface area (Å²) in [6, 6.07) is 13.4. The van der Waals surface area contributed by atoms with E-state index in [9.17, 15) is 9.90 Å². The first-order chi connectivity index (χ1) is 11.3. The van der Waals surface area contributed by atoms with Crippen LogP contribution in [0, 0.1) is 0 Å². The van der Waals surface area contributed by atoms with Gasteiger partial charge in [-0.15, -0.1) is 11.3 Å². The second-order valence-electron chi connectivity index (χ2n) is 4.94. The summed E-state index contributed by atoms with van der Waals surface area (Å²) in [5, 5.41) is 11.2. The molecule has 2 heterocycles. The van der Waals surface area contributed by atoms with Crippen molar-refractivity contribution in [1.29, 1.82) is 0 Å². The number of rotatable bonds is 6. The topological polar surface area (TPSA) is 66.6 Å². The van der Waals surface area contributed by atoms with Crippen molar-refractivity contribution in [2.24, 2.45) is 0 Å². The van der Waals surface area contributed by atoms with Gasteiger partial charge < -0.3 is 14.4 Å². The van der Waals surface area contributed by atoms with Gasteiger partial charge in [0.05, 0.1) is 11.5 Å². The third kappa shape index (κ3) is 3.49. The first-order valence-electron chi connectivity index (χ1n) is 7.21. The third-order valence-electron chi connectivity index (χ3n) is 3.39. The maximum absolute atomic E-state index is 12.8. The SMILES string of the molecule is O=C(c1ncoc1-c1cccs1)N(CCO)Cc1ccccc1. The van der Waals surface area contributed by atoms with Crippen LogP contribution in [0.1, 0.15) is 16.1 Å². The molecule has 3 aromatic rings. The van der Waals surface area contributed by atoms with Gasteiger partial charge in [0.2, 0.25) is 0 Å². The smallest absolute Gasteiger partial charge is 0.276 e. The Morgan fingerprint density at radius 3 is 2.74 bits per heavy atom. The molecule has 0 atom stereocenters. The summed E-state index contributed by atoms with van der Waals surface area (Å²) < 4.78 is 5.40. The van der Waals surface area contributed by atoms with Gasteiger partial charge in [0, 0.05) is 13.1 Å². The van der Waals surface area contributed by atoms with Crippen LogP contribution < -0.4 is 0 Å². The molecule has 0 spiro atoms. The van der Waals surface area contributed by atoms with E-state index >= 15 is 0 Å². The quantitative estimate of drug-likeness (QED) is 0.755. The van der Waals surface area contributed by atoms with Crippen LogP contribution in [0.3, 0.4) is 0 Å². The molecule has 0 aliphatic heterocycles. The predicted octanol–water partition coefficient (Wildman–Crippen LogP) is 3.04. The number of thiophene rings is 1. The summed E-state index contributed by atoms with van der Waals surface area (Å²) >= 11 is 1.49. The van der Waals surface area contributed by atoms with Crippen molar-refractivity contribution in [2.45, 2.75) is 6.54 Å². The fraction of sp³-hybridized carbons (Fsp3) is 0.176. The zero-order valence-electron chi connectivity index (χ0n) is 12.4. The molecule has 0 bridgehead atoms. The molecular formula is C17H16N2O3S. The van der Waals surface area contributed by atoms with Crippen molar-refractivity contribution in [2.75, 3.05) is 13.2 Å². The molecule has 23 heavy (non-hydrogen) atoms. The van der Waals surface area contributed by atoms with Crippen LogP contribution >= 0.6 is 11.3 Å². The Kier molecular flexibility index (Phi) is 4.85. The Morgan fingerprint density at radius 2 is 2.04 bits per heavy atom. The van der Waals surface area contributed by atoms with Crippen molar-refractivity contribution in [1.82, 2.24) is 9.88 Å². The lowest BCUT2D eigenvalue weighted by atomic mass is 10.2. The number of hydrogen-bond acceptors (Lipinski definition) is 5. The highest BCUT2D eigenvalue weighted by molar-refractivity contribution is 7.13. The van der Waals surface area contributed by atoms with Crippen LogP contribution in [0.25, 0.3) is 10.6 Å². The Hall–Kier alpha value is -2.44. The summed E-state index contributed by atoms with van der Waals surface area (Å²) in [4.78, 5) is 19.3. The minimum atomic E-state index is -0.250. The molecule has 6 heteroatoms. The number of oxazole rings is 1. The fourth-order valence-electron chi connectivity index (χ4n) is 2.31. The average molecular weight is 328 g/mol. The van der Waals surface area contributed by atoms with E-state index in [2.05, 4.69) is 4.98 Å². The van der Waals surface area contributed by atoms with E-state index in [1.54, 1.807) is 4.90 Å². The number of carbonyl (C=O) groups excluding carboxylic acids is 1. The first-order valence-corrected chi connectivity index (χ1v) is 8.09. The van der Waals surface area contributed by atoms with Gasteiger partial charge in [-0.2, -0.15) is 0 Å². The van der Waals surface area contributed by atoms with Crippen molar-refractivity contribution in [3.63, 3.8) is 0 Å². The predicted molar refractivity (Wildman–Crippen MR) is 88.1 cm³/mol. The van der Waals surface area contributed by atoms with Crippen LogP contribution in [0.2, 0.25) is 0 Å². The molecule has 0 unspecified atom stereocenters. The van der Waals surface area contributed by atoms with Crippen LogP contribution in [0.5, 0.6) is 0 Å². The van der Waals surface area contributed by atoms with Gasteiger partial charge >= 0.3 is 0 Å². The normalized spacial score (nSPS) is 10.7. The number of hydrogen-bond donors (Lipinski definition) is 1. The molecule has 0 saturated heterocycles. The van der Waals surface area contributed by atoms with Crippen molar-refractivity contribution in [3.05, 3.63) is 65.5 Å². The molecule has 0 aliphatic rings. The summed E-state index contributed by atoms with van der Waals surface area (Å²) in [6.07, 6.45) is 1.28. The first kappa shape index (κ1) is 15.5. The molecule has 0 radical (unpaired) electrons. The number of aliphatic hydroxyl groups excluding tert-OH is 1. The van der Waals surface area contributed by atoms with Crippen LogP contribution in [0.4, 0.5) is 0 Å². The molecule has 5 nitrogen and oxygen atoms in total. The largest absolute Gasteiger partial charge is 0.442 e. The van der Waals surface area contributed by atoms with Gasteiger partial charge in [-0.3, -0.25) is 4.79 Å². The standard InChI is InChI=1S/C17H16N2O3S/c20-9-8-19(11-13-5-2-1-3-6-13)17(21)15-16(22-12-18-15)14-7-4-10-23-14/h1-7,10,12,20H,8-9,11H2. The number of aromatic nitrogens is 1. The fourth-order valence-corrected chi connectivity index (χ4v) is 3.02. The van der Waals surface area contributed by atoms with Crippen molar-refractivity contribution in [3.8, 4) is 10.6 Å². The average Bonchev–Trinajstić information content (AvgIpc) is 3.25. The highest BCUT2D eigenvalue weighted by Crippen LogP contribution is 2.28. The highest BCUT2D eigenvalue weighted by Gasteiger charge is 2.24. The summed E-state index contributed by atoms with van der Waals surface area (Å²) in [5.74, 6) is 0.223. The Labute approximate surface area is 137 Å². The van der Waals surface area contributed by atoms with Gasteiger partial charge in [-0.05, 0) is 17.0 Å². The van der Waals surface area contributed by atoms with E-state index in [-0.39, 0.29) is 24.8 Å². The Morgan fingerprint density at radius 1 is 1.22 bits per heavy atom. The maximum atomic E-state index is 12.8. The lowest BCUT2D eigenvalue weighted by Gasteiger charge is -2.21. The third-order valence-corrected chi connectivity index (χ3v) is 4.26. The number of nitrogens with zero attached hydrogens (tertiary/aromatic N) is 2. The summed E-state index contributed by atoms with van der Waals surface area (Å²) in [6.45, 7) is 0.548. The maximum Gasteiger partial charge on any atom is 0.276 e. The van der Waals surface area contributed by atoms with Crippen molar-refractivity contribution >= 4 is 17.2 Å². The minimum Gasteiger partial charge on any atom is -0.442 e. The zero-order valence-corrected chi connectivity index (χ0v) is 13.2. The van der Waals surface area contributed by atoms with Gasteiger partial charge in [0.1, 0.15) is 0 Å². The summed E-state index contributed by atoms with van der Waals surface area (Å²) in [5.41, 5.74) is 1.27. The molecule has 1 N–H and O–H groups in total. The van der Waals surface area contributed by atoms with Gasteiger partial charge in [-0.1, -0.05) is 36.4 Å². The Balaban J connectivity index is 1.86. The Bertz CT molecular complexity index is 753. The zero-order chi connectivity index (χ0) is 16.1. The van der Waals surface area contributed by atoms with E-state index < -0.39 is 0 Å². The minimum absolute atomic E-state index is 0.106. The van der Waals surface area contributed by atoms with Gasteiger partial charge in [0.25, 0.3) is 5.91 Å². The number of carbonyl (C=O) groups is 1. The van der Waals surface area contributed by atoms with Gasteiger partial charge in [-0.25, -0.2) is 4.98 Å². The molecule has 2 aromatic heterocycles. The molecule has 118 valence electrons. The lowest BCUT2D eigenvalue weighted by Crippen LogP contribution is -2.33. The second kappa shape index (κ2) is 7.21. The van der Waals surface area contributed by atoms with Crippen LogP contribution in [0.15, 0.2) is 58.7 Å². The number of benzene rings is 1. The molecule has 0 fully saturated rings. The highest BCUT2D eigenvalue weighted by atomic mass is 32.1. The molecule has 3 rings (SSSR count). The lowest BCUT2D eigenvalue weighted by molar-refractivity contribution is 0.0703. The van der Waals surface area contributed by atoms with Crippen molar-refractivity contribution < 1.29 is 14.3 Å². The van der Waals surface area contributed by atoms with Gasteiger partial charge in [0.15, 0.2) is 17.8 Å². The molecular weight excluding hydrogens is 312 g/mol. The van der Waals surface area contributed by atoms with Crippen LogP contribution in [-0.4, -0.2) is 34.0 Å². The monoisotopic (exact) mass is 328 g/mol. The van der Waals surface area contributed by atoms with E-state index in [1.165, 1.54) is 17.7 Å². The molecule has 1 amide bonds. The second-order valence-corrected chi connectivity index (χ2v) is 5.89. The number of amides is 1. The molecule has 1 aromatic carbocycles. The molecule has 0 saturated carbocycles. The van der Waals surface area contributed by atoms with Crippen LogP contribution in [-0.2, 0) is 6.54 Å². The van der Waals surface area contributed by atoms with E-state index in [0.29, 0.717) is 12.3 Å². The van der Waals surface area contributed by atoms with E-state index in [0.717, 1.165) is 10.4 Å². The molecule has 0 aliphatic carbocycles. The number of aliphatic hydroxyl groups is 1. The van der Waals surface area contributed by atoms with E-state index in [1.807, 2.05) is 47.8 Å².